The van der Waals surface area contributed by atoms with Crippen molar-refractivity contribution in [2.75, 3.05) is 0 Å². The second-order valence-corrected chi connectivity index (χ2v) is 6.09. The zero-order valence-corrected chi connectivity index (χ0v) is 14.4. The van der Waals surface area contributed by atoms with Gasteiger partial charge in [0.2, 0.25) is 0 Å². The molecular formula is C18H17ClN6. The van der Waals surface area contributed by atoms with Crippen LogP contribution >= 0.6 is 11.6 Å². The predicted octanol–water partition coefficient (Wildman–Crippen LogP) is 3.03. The van der Waals surface area contributed by atoms with E-state index >= 15 is 0 Å². The van der Waals surface area contributed by atoms with E-state index in [1.54, 1.807) is 12.5 Å². The molecule has 3 aromatic rings. The Morgan fingerprint density at radius 2 is 1.92 bits per heavy atom. The second-order valence-electron chi connectivity index (χ2n) is 5.68. The van der Waals surface area contributed by atoms with Gasteiger partial charge in [-0.3, -0.25) is 5.43 Å². The summed E-state index contributed by atoms with van der Waals surface area (Å²) in [6.45, 7) is 2.13. The van der Waals surface area contributed by atoms with E-state index in [0.717, 1.165) is 39.7 Å². The van der Waals surface area contributed by atoms with Gasteiger partial charge in [-0.2, -0.15) is 0 Å². The predicted molar refractivity (Wildman–Crippen MR) is 99.3 cm³/mol. The first-order valence-electron chi connectivity index (χ1n) is 8.01. The first-order valence-corrected chi connectivity index (χ1v) is 8.39. The maximum atomic E-state index is 6.64. The molecule has 1 aliphatic heterocycles. The SMILES string of the molecule is CCc1cc(-n2ccnc2)cc(Cl)c1-c1ccc(C2=NNNN2)cc1. The molecule has 0 fully saturated rings. The van der Waals surface area contributed by atoms with Crippen molar-refractivity contribution in [2.45, 2.75) is 13.3 Å². The van der Waals surface area contributed by atoms with E-state index in [0.29, 0.717) is 0 Å². The Labute approximate surface area is 150 Å². The smallest absolute Gasteiger partial charge is 0.170 e. The van der Waals surface area contributed by atoms with Crippen LogP contribution in [0.25, 0.3) is 16.8 Å². The highest BCUT2D eigenvalue weighted by Crippen LogP contribution is 2.34. The quantitative estimate of drug-likeness (QED) is 0.675. The van der Waals surface area contributed by atoms with Gasteiger partial charge in [-0.25, -0.2) is 10.5 Å². The van der Waals surface area contributed by atoms with E-state index in [1.807, 2.05) is 29.0 Å². The molecule has 0 unspecified atom stereocenters. The van der Waals surface area contributed by atoms with Crippen LogP contribution in [0.4, 0.5) is 0 Å². The maximum Gasteiger partial charge on any atom is 0.170 e. The molecule has 1 aromatic heterocycles. The van der Waals surface area contributed by atoms with Crippen molar-refractivity contribution in [2.24, 2.45) is 5.10 Å². The van der Waals surface area contributed by atoms with Crippen molar-refractivity contribution >= 4 is 17.4 Å². The number of halogens is 1. The third-order valence-corrected chi connectivity index (χ3v) is 4.49. The Morgan fingerprint density at radius 1 is 1.12 bits per heavy atom. The third-order valence-electron chi connectivity index (χ3n) is 4.19. The number of imidazole rings is 1. The number of rotatable bonds is 4. The number of amidine groups is 1. The van der Waals surface area contributed by atoms with Crippen molar-refractivity contribution in [1.82, 2.24) is 26.0 Å². The highest BCUT2D eigenvalue weighted by molar-refractivity contribution is 6.33. The molecule has 7 heteroatoms. The molecule has 2 heterocycles. The van der Waals surface area contributed by atoms with Crippen LogP contribution in [0.3, 0.4) is 0 Å². The topological polar surface area (TPSA) is 66.3 Å². The standard InChI is InChI=1S/C18H17ClN6/c1-2-12-9-15(25-8-7-20-11-25)10-16(19)17(12)13-3-5-14(6-4-13)18-21-23-24-22-18/h3-11,23-24H,2H2,1H3,(H,21,22). The van der Waals surface area contributed by atoms with Gasteiger partial charge in [-0.05, 0) is 29.7 Å². The molecule has 0 bridgehead atoms. The van der Waals surface area contributed by atoms with Crippen LogP contribution in [-0.4, -0.2) is 15.4 Å². The van der Waals surface area contributed by atoms with Crippen molar-refractivity contribution in [1.29, 1.82) is 0 Å². The van der Waals surface area contributed by atoms with Gasteiger partial charge in [0.1, 0.15) is 0 Å². The normalized spacial score (nSPS) is 13.3. The molecule has 0 saturated carbocycles. The molecule has 6 nitrogen and oxygen atoms in total. The lowest BCUT2D eigenvalue weighted by molar-refractivity contribution is 0.577. The number of hydrogen-bond donors (Lipinski definition) is 3. The molecule has 0 saturated heterocycles. The lowest BCUT2D eigenvalue weighted by atomic mass is 9.96. The van der Waals surface area contributed by atoms with Crippen molar-refractivity contribution in [3.8, 4) is 16.8 Å². The first kappa shape index (κ1) is 15.7. The number of aryl methyl sites for hydroxylation is 1. The summed E-state index contributed by atoms with van der Waals surface area (Å²) in [4.78, 5) is 4.10. The van der Waals surface area contributed by atoms with Crippen molar-refractivity contribution in [3.05, 3.63) is 71.3 Å². The summed E-state index contributed by atoms with van der Waals surface area (Å²) in [5, 5.41) is 4.84. The minimum Gasteiger partial charge on any atom is -0.306 e. The van der Waals surface area contributed by atoms with Crippen LogP contribution in [0.2, 0.25) is 5.02 Å². The first-order chi connectivity index (χ1) is 12.3. The molecule has 1 aliphatic rings. The Kier molecular flexibility index (Phi) is 4.13. The number of nitrogens with zero attached hydrogens (tertiary/aromatic N) is 3. The Bertz CT molecular complexity index is 915. The van der Waals surface area contributed by atoms with E-state index in [4.69, 9.17) is 11.6 Å². The van der Waals surface area contributed by atoms with Gasteiger partial charge < -0.3 is 4.57 Å². The van der Waals surface area contributed by atoms with Gasteiger partial charge in [0.25, 0.3) is 0 Å². The zero-order chi connectivity index (χ0) is 17.2. The van der Waals surface area contributed by atoms with Gasteiger partial charge in [0.05, 0.1) is 11.3 Å². The molecule has 0 amide bonds. The number of aromatic nitrogens is 2. The number of hydrazine groups is 2. The maximum absolute atomic E-state index is 6.64. The van der Waals surface area contributed by atoms with Gasteiger partial charge in [0, 0.05) is 29.2 Å². The third kappa shape index (κ3) is 2.97. The molecule has 25 heavy (non-hydrogen) atoms. The molecule has 2 aromatic carbocycles. The molecule has 4 rings (SSSR count). The zero-order valence-electron chi connectivity index (χ0n) is 13.6. The van der Waals surface area contributed by atoms with Crippen LogP contribution in [0.1, 0.15) is 18.1 Å². The summed E-state index contributed by atoms with van der Waals surface area (Å²) >= 11 is 6.64. The lowest BCUT2D eigenvalue weighted by Crippen LogP contribution is -2.35. The van der Waals surface area contributed by atoms with Crippen molar-refractivity contribution in [3.63, 3.8) is 0 Å². The fourth-order valence-electron chi connectivity index (χ4n) is 2.94. The van der Waals surface area contributed by atoms with E-state index < -0.39 is 0 Å². The van der Waals surface area contributed by atoms with Crippen LogP contribution in [0, 0.1) is 0 Å². The Morgan fingerprint density at radius 3 is 2.56 bits per heavy atom. The lowest BCUT2D eigenvalue weighted by Gasteiger charge is -2.14. The van der Waals surface area contributed by atoms with Gasteiger partial charge >= 0.3 is 0 Å². The minimum absolute atomic E-state index is 0.732. The monoisotopic (exact) mass is 352 g/mol. The van der Waals surface area contributed by atoms with Gasteiger partial charge in [-0.15, -0.1) is 10.6 Å². The van der Waals surface area contributed by atoms with Crippen LogP contribution in [0.15, 0.2) is 60.2 Å². The molecule has 0 radical (unpaired) electrons. The fourth-order valence-corrected chi connectivity index (χ4v) is 3.28. The summed E-state index contributed by atoms with van der Waals surface area (Å²) in [5.74, 6) is 0.754. The molecule has 0 aliphatic carbocycles. The summed E-state index contributed by atoms with van der Waals surface area (Å²) in [6.07, 6.45) is 6.34. The highest BCUT2D eigenvalue weighted by Gasteiger charge is 2.13. The average molecular weight is 353 g/mol. The molecule has 126 valence electrons. The van der Waals surface area contributed by atoms with Crippen LogP contribution < -0.4 is 16.5 Å². The van der Waals surface area contributed by atoms with Gasteiger partial charge in [-0.1, -0.05) is 42.8 Å². The fraction of sp³-hybridized carbons (Fsp3) is 0.111. The van der Waals surface area contributed by atoms with E-state index in [9.17, 15) is 0 Å². The van der Waals surface area contributed by atoms with E-state index in [1.165, 1.54) is 5.56 Å². The van der Waals surface area contributed by atoms with Gasteiger partial charge in [0.15, 0.2) is 5.84 Å². The number of hydrogen-bond acceptors (Lipinski definition) is 5. The van der Waals surface area contributed by atoms with Crippen molar-refractivity contribution < 1.29 is 0 Å². The molecule has 0 spiro atoms. The summed E-state index contributed by atoms with van der Waals surface area (Å²) in [6, 6.07) is 12.3. The number of hydrazone groups is 1. The van der Waals surface area contributed by atoms with Crippen LogP contribution in [0.5, 0.6) is 0 Å². The highest BCUT2D eigenvalue weighted by atomic mass is 35.5. The molecule has 3 N–H and O–H groups in total. The largest absolute Gasteiger partial charge is 0.306 e. The summed E-state index contributed by atoms with van der Waals surface area (Å²) in [5.41, 5.74) is 13.7. The molecule has 0 atom stereocenters. The Balaban J connectivity index is 1.74. The average Bonchev–Trinajstić information content (AvgIpc) is 3.35. The van der Waals surface area contributed by atoms with Crippen LogP contribution in [-0.2, 0) is 6.42 Å². The minimum atomic E-state index is 0.732. The van der Waals surface area contributed by atoms with E-state index in [2.05, 4.69) is 51.7 Å². The summed E-state index contributed by atoms with van der Waals surface area (Å²) < 4.78 is 1.96. The number of nitrogens with one attached hydrogen (secondary N) is 3. The summed E-state index contributed by atoms with van der Waals surface area (Å²) in [7, 11) is 0. The second kappa shape index (κ2) is 6.58. The number of benzene rings is 2. The van der Waals surface area contributed by atoms with E-state index in [-0.39, 0.29) is 0 Å². The Hall–Kier alpha value is -2.83. The molecular weight excluding hydrogens is 336 g/mol.